The summed E-state index contributed by atoms with van der Waals surface area (Å²) < 4.78 is 6.34. The van der Waals surface area contributed by atoms with Crippen molar-refractivity contribution in [1.29, 1.82) is 0 Å². The summed E-state index contributed by atoms with van der Waals surface area (Å²) in [6.45, 7) is 9.91. The number of halogens is 1. The van der Waals surface area contributed by atoms with Crippen LogP contribution in [0.4, 0.5) is 4.79 Å². The predicted molar refractivity (Wildman–Crippen MR) is 105 cm³/mol. The first-order valence-electron chi connectivity index (χ1n) is 9.25. The van der Waals surface area contributed by atoms with Gasteiger partial charge in [-0.25, -0.2) is 9.78 Å². The minimum absolute atomic E-state index is 0.156. The molecule has 0 saturated heterocycles. The van der Waals surface area contributed by atoms with Gasteiger partial charge in [-0.15, -0.1) is 0 Å². The van der Waals surface area contributed by atoms with Crippen LogP contribution in [0.3, 0.4) is 0 Å². The van der Waals surface area contributed by atoms with Gasteiger partial charge in [0.2, 0.25) is 5.91 Å². The molecule has 0 bridgehead atoms. The van der Waals surface area contributed by atoms with Crippen LogP contribution in [0.2, 0.25) is 5.15 Å². The zero-order chi connectivity index (χ0) is 20.7. The Morgan fingerprint density at radius 1 is 1.29 bits per heavy atom. The molecular weight excluding hydrogens is 380 g/mol. The van der Waals surface area contributed by atoms with Crippen LogP contribution in [0.1, 0.15) is 51.6 Å². The topological polar surface area (TPSA) is 86.1 Å². The Balaban J connectivity index is 1.91. The maximum atomic E-state index is 13.0. The van der Waals surface area contributed by atoms with Gasteiger partial charge in [0.05, 0.1) is 28.9 Å². The third kappa shape index (κ3) is 3.76. The molecule has 1 unspecified atom stereocenters. The molecule has 28 heavy (non-hydrogen) atoms. The molecule has 0 aliphatic carbocycles. The number of pyridine rings is 1. The van der Waals surface area contributed by atoms with E-state index < -0.39 is 17.0 Å². The number of aromatic nitrogens is 3. The molecule has 1 amide bonds. The lowest BCUT2D eigenvalue weighted by Crippen LogP contribution is -2.57. The van der Waals surface area contributed by atoms with E-state index in [9.17, 15) is 9.59 Å². The zero-order valence-electron chi connectivity index (χ0n) is 16.7. The van der Waals surface area contributed by atoms with Crippen LogP contribution >= 0.6 is 11.6 Å². The predicted octanol–water partition coefficient (Wildman–Crippen LogP) is 3.44. The molecular formula is C20H25ClN4O3. The standard InChI is InChI=1S/C20H25ClN4O3/c1-12(2)11-28-18(27)25-9-8-13(24-25)10-20(5)16-14(6-7-15(21)22-16)19(3,4)23-17(20)26/h6-9,12H,10-11H2,1-5H3,(H,23,26). The summed E-state index contributed by atoms with van der Waals surface area (Å²) in [7, 11) is 0. The van der Waals surface area contributed by atoms with Gasteiger partial charge in [-0.3, -0.25) is 4.79 Å². The van der Waals surface area contributed by atoms with Gasteiger partial charge in [-0.2, -0.15) is 9.78 Å². The lowest BCUT2D eigenvalue weighted by atomic mass is 9.71. The number of carbonyl (C=O) groups excluding carboxylic acids is 2. The Kier molecular flexibility index (Phi) is 5.23. The Morgan fingerprint density at radius 2 is 2.00 bits per heavy atom. The van der Waals surface area contributed by atoms with Crippen molar-refractivity contribution < 1.29 is 14.3 Å². The van der Waals surface area contributed by atoms with Crippen molar-refractivity contribution in [3.05, 3.63) is 46.5 Å². The fourth-order valence-electron chi connectivity index (χ4n) is 3.34. The number of ether oxygens (including phenoxy) is 1. The van der Waals surface area contributed by atoms with Crippen molar-refractivity contribution in [2.75, 3.05) is 6.61 Å². The lowest BCUT2D eigenvalue weighted by molar-refractivity contribution is -0.129. The molecule has 0 aromatic carbocycles. The molecule has 0 fully saturated rings. The monoisotopic (exact) mass is 404 g/mol. The number of rotatable bonds is 4. The van der Waals surface area contributed by atoms with Crippen LogP contribution in [0, 0.1) is 5.92 Å². The molecule has 1 N–H and O–H groups in total. The largest absolute Gasteiger partial charge is 0.448 e. The minimum atomic E-state index is -0.962. The van der Waals surface area contributed by atoms with Gasteiger partial charge in [0.1, 0.15) is 5.15 Å². The van der Waals surface area contributed by atoms with Crippen molar-refractivity contribution in [2.45, 2.75) is 52.0 Å². The van der Waals surface area contributed by atoms with Gasteiger partial charge in [-0.1, -0.05) is 31.5 Å². The normalized spacial score (nSPS) is 20.6. The second-order valence-electron chi connectivity index (χ2n) is 8.34. The van der Waals surface area contributed by atoms with Gasteiger partial charge in [0, 0.05) is 12.6 Å². The molecule has 3 rings (SSSR count). The lowest BCUT2D eigenvalue weighted by Gasteiger charge is -2.42. The van der Waals surface area contributed by atoms with Crippen LogP contribution in [0.15, 0.2) is 24.4 Å². The van der Waals surface area contributed by atoms with Crippen LogP contribution in [0.25, 0.3) is 0 Å². The molecule has 150 valence electrons. The summed E-state index contributed by atoms with van der Waals surface area (Å²) in [5, 5.41) is 7.68. The summed E-state index contributed by atoms with van der Waals surface area (Å²) in [5.41, 5.74) is 0.618. The Labute approximate surface area is 169 Å². The first-order valence-corrected chi connectivity index (χ1v) is 9.62. The molecule has 3 heterocycles. The molecule has 0 radical (unpaired) electrons. The third-order valence-electron chi connectivity index (χ3n) is 4.89. The van der Waals surface area contributed by atoms with Gasteiger partial charge in [-0.05, 0) is 44.4 Å². The van der Waals surface area contributed by atoms with E-state index >= 15 is 0 Å². The van der Waals surface area contributed by atoms with Gasteiger partial charge in [0.15, 0.2) is 0 Å². The number of carbonyl (C=O) groups is 2. The highest BCUT2D eigenvalue weighted by atomic mass is 35.5. The van der Waals surface area contributed by atoms with E-state index in [0.29, 0.717) is 23.1 Å². The Bertz CT molecular complexity index is 922. The fraction of sp³-hybridized carbons (Fsp3) is 0.500. The second-order valence-corrected chi connectivity index (χ2v) is 8.73. The van der Waals surface area contributed by atoms with E-state index in [0.717, 1.165) is 10.2 Å². The molecule has 1 aliphatic rings. The molecule has 1 atom stereocenters. The molecule has 8 heteroatoms. The van der Waals surface area contributed by atoms with E-state index in [-0.39, 0.29) is 18.2 Å². The highest BCUT2D eigenvalue weighted by molar-refractivity contribution is 6.29. The molecule has 1 aliphatic heterocycles. The van der Waals surface area contributed by atoms with E-state index in [4.69, 9.17) is 16.3 Å². The number of nitrogens with zero attached hydrogens (tertiary/aromatic N) is 3. The SMILES string of the molecule is CC(C)COC(=O)n1ccc(CC2(C)C(=O)NC(C)(C)c3ccc(Cl)nc32)n1. The van der Waals surface area contributed by atoms with Crippen LogP contribution in [-0.4, -0.2) is 33.4 Å². The quantitative estimate of drug-likeness (QED) is 0.789. The summed E-state index contributed by atoms with van der Waals surface area (Å²) in [6, 6.07) is 5.32. The Hall–Kier alpha value is -2.41. The van der Waals surface area contributed by atoms with E-state index in [1.165, 1.54) is 0 Å². The van der Waals surface area contributed by atoms with E-state index in [1.54, 1.807) is 18.3 Å². The minimum Gasteiger partial charge on any atom is -0.448 e. The average molecular weight is 405 g/mol. The maximum absolute atomic E-state index is 13.0. The maximum Gasteiger partial charge on any atom is 0.434 e. The smallest absolute Gasteiger partial charge is 0.434 e. The summed E-state index contributed by atoms with van der Waals surface area (Å²) in [5.74, 6) is 0.0798. The van der Waals surface area contributed by atoms with Crippen molar-refractivity contribution >= 4 is 23.6 Å². The molecule has 2 aromatic heterocycles. The number of amides is 1. The van der Waals surface area contributed by atoms with Crippen LogP contribution < -0.4 is 5.32 Å². The van der Waals surface area contributed by atoms with Gasteiger partial charge >= 0.3 is 6.09 Å². The van der Waals surface area contributed by atoms with Crippen molar-refractivity contribution in [3.63, 3.8) is 0 Å². The number of hydrogen-bond acceptors (Lipinski definition) is 5. The first-order chi connectivity index (χ1) is 13.0. The van der Waals surface area contributed by atoms with Crippen molar-refractivity contribution in [1.82, 2.24) is 20.1 Å². The zero-order valence-corrected chi connectivity index (χ0v) is 17.5. The number of nitrogens with one attached hydrogen (secondary N) is 1. The molecule has 7 nitrogen and oxygen atoms in total. The van der Waals surface area contributed by atoms with Gasteiger partial charge < -0.3 is 10.1 Å². The highest BCUT2D eigenvalue weighted by Crippen LogP contribution is 2.39. The summed E-state index contributed by atoms with van der Waals surface area (Å²) >= 11 is 6.13. The molecule has 0 saturated carbocycles. The van der Waals surface area contributed by atoms with Crippen LogP contribution in [0.5, 0.6) is 0 Å². The van der Waals surface area contributed by atoms with Gasteiger partial charge in [0.25, 0.3) is 0 Å². The molecule has 0 spiro atoms. The fourth-order valence-corrected chi connectivity index (χ4v) is 3.49. The van der Waals surface area contributed by atoms with Crippen LogP contribution in [-0.2, 0) is 26.9 Å². The highest BCUT2D eigenvalue weighted by Gasteiger charge is 2.47. The van der Waals surface area contributed by atoms with E-state index in [2.05, 4.69) is 15.4 Å². The summed E-state index contributed by atoms with van der Waals surface area (Å²) in [4.78, 5) is 29.6. The summed E-state index contributed by atoms with van der Waals surface area (Å²) in [6.07, 6.45) is 1.28. The van der Waals surface area contributed by atoms with E-state index in [1.807, 2.05) is 40.7 Å². The molecule has 2 aromatic rings. The first kappa shape index (κ1) is 20.3. The second kappa shape index (κ2) is 7.20. The van der Waals surface area contributed by atoms with Crippen molar-refractivity contribution in [3.8, 4) is 0 Å². The Morgan fingerprint density at radius 3 is 2.68 bits per heavy atom. The average Bonchev–Trinajstić information content (AvgIpc) is 3.06. The number of fused-ring (bicyclic) bond motifs is 1. The third-order valence-corrected chi connectivity index (χ3v) is 5.10. The number of hydrogen-bond donors (Lipinski definition) is 1. The van der Waals surface area contributed by atoms with Crippen molar-refractivity contribution in [2.24, 2.45) is 5.92 Å².